The smallest absolute Gasteiger partial charge is 0.353 e. The lowest BCUT2D eigenvalue weighted by Gasteiger charge is -2.26. The second-order valence-electron chi connectivity index (χ2n) is 9.61. The van der Waals surface area contributed by atoms with Crippen LogP contribution in [0.3, 0.4) is 0 Å². The van der Waals surface area contributed by atoms with Gasteiger partial charge in [0, 0.05) is 16.7 Å². The van der Waals surface area contributed by atoms with E-state index in [4.69, 9.17) is 20.9 Å². The zero-order valence-electron chi connectivity index (χ0n) is 23.2. The second-order valence-corrected chi connectivity index (χ2v) is 15.6. The van der Waals surface area contributed by atoms with Crippen molar-refractivity contribution < 1.29 is 9.05 Å². The van der Waals surface area contributed by atoms with Crippen molar-refractivity contribution in [3.63, 3.8) is 0 Å². The molecule has 0 amide bonds. The zero-order chi connectivity index (χ0) is 26.7. The maximum Gasteiger partial charge on any atom is 0.353 e. The van der Waals surface area contributed by atoms with Gasteiger partial charge in [0.25, 0.3) is 0 Å². The molecular formula is C32H43O2PS2. The van der Waals surface area contributed by atoms with Gasteiger partial charge in [-0.05, 0) is 95.6 Å². The summed E-state index contributed by atoms with van der Waals surface area (Å²) in [5, 5.41) is 0. The van der Waals surface area contributed by atoms with Gasteiger partial charge in [-0.3, -0.25) is 0 Å². The molecule has 5 heteroatoms. The first kappa shape index (κ1) is 29.8. The fourth-order valence-electron chi connectivity index (χ4n) is 4.56. The third-order valence-electron chi connectivity index (χ3n) is 6.28. The maximum absolute atomic E-state index is 6.85. The highest BCUT2D eigenvalue weighted by Crippen LogP contribution is 2.64. The first-order valence-corrected chi connectivity index (χ1v) is 18.0. The van der Waals surface area contributed by atoms with Gasteiger partial charge >= 0.3 is 5.69 Å². The highest BCUT2D eigenvalue weighted by molar-refractivity contribution is 8.68. The number of benzene rings is 3. The van der Waals surface area contributed by atoms with Gasteiger partial charge in [0.15, 0.2) is 0 Å². The van der Waals surface area contributed by atoms with Crippen LogP contribution < -0.4 is 9.05 Å². The molecule has 0 bridgehead atoms. The molecule has 200 valence electrons. The molecule has 3 rings (SSSR count). The summed E-state index contributed by atoms with van der Waals surface area (Å²) in [6.07, 6.45) is 9.34. The van der Waals surface area contributed by atoms with Gasteiger partial charge in [-0.25, -0.2) is 0 Å². The van der Waals surface area contributed by atoms with Crippen LogP contribution in [-0.2, 0) is 43.9 Å². The van der Waals surface area contributed by atoms with E-state index in [1.807, 2.05) is 0 Å². The Morgan fingerprint density at radius 3 is 1.89 bits per heavy atom. The Labute approximate surface area is 234 Å². The summed E-state index contributed by atoms with van der Waals surface area (Å²) in [6, 6.07) is 21.8. The van der Waals surface area contributed by atoms with E-state index in [1.54, 1.807) is 11.4 Å². The minimum absolute atomic E-state index is 0.834. The predicted molar refractivity (Wildman–Crippen MR) is 166 cm³/mol. The van der Waals surface area contributed by atoms with Crippen LogP contribution in [0.5, 0.6) is 11.5 Å². The molecule has 0 aliphatic heterocycles. The number of aryl methyl sites for hydroxylation is 5. The van der Waals surface area contributed by atoms with Gasteiger partial charge < -0.3 is 9.05 Å². The van der Waals surface area contributed by atoms with Gasteiger partial charge in [-0.1, -0.05) is 96.7 Å². The predicted octanol–water partition coefficient (Wildman–Crippen LogP) is 10.5. The van der Waals surface area contributed by atoms with Crippen LogP contribution in [0.1, 0.15) is 88.1 Å². The average molecular weight is 555 g/mol. The largest absolute Gasteiger partial charge is 0.428 e. The van der Waals surface area contributed by atoms with Crippen molar-refractivity contribution in [2.45, 2.75) is 97.3 Å². The van der Waals surface area contributed by atoms with Crippen molar-refractivity contribution in [1.82, 2.24) is 0 Å². The van der Waals surface area contributed by atoms with E-state index >= 15 is 0 Å². The summed E-state index contributed by atoms with van der Waals surface area (Å²) in [5.41, 5.74) is 3.53. The molecule has 3 aromatic rings. The Bertz CT molecular complexity index is 1170. The quantitative estimate of drug-likeness (QED) is 0.174. The fraction of sp³-hybridized carbons (Fsp3) is 0.438. The van der Waals surface area contributed by atoms with Crippen LogP contribution in [-0.4, -0.2) is 0 Å². The van der Waals surface area contributed by atoms with E-state index in [9.17, 15) is 0 Å². The normalized spacial score (nSPS) is 12.8. The fourth-order valence-corrected chi connectivity index (χ4v) is 9.36. The Hall–Kier alpha value is -1.74. The highest BCUT2D eigenvalue weighted by atomic mass is 32.9. The molecule has 0 spiro atoms. The van der Waals surface area contributed by atoms with Gasteiger partial charge in [-0.15, -0.1) is 0 Å². The van der Waals surface area contributed by atoms with Gasteiger partial charge in [0.2, 0.25) is 0 Å². The van der Waals surface area contributed by atoms with Crippen LogP contribution in [0.15, 0.2) is 65.6 Å². The first-order chi connectivity index (χ1) is 17.9. The van der Waals surface area contributed by atoms with E-state index in [1.165, 1.54) is 27.8 Å². The van der Waals surface area contributed by atoms with E-state index in [0.29, 0.717) is 0 Å². The van der Waals surface area contributed by atoms with Crippen LogP contribution in [0.2, 0.25) is 0 Å². The molecular weight excluding hydrogens is 511 g/mol. The summed E-state index contributed by atoms with van der Waals surface area (Å²) in [6.45, 7) is 11.0. The Morgan fingerprint density at radius 1 is 0.649 bits per heavy atom. The van der Waals surface area contributed by atoms with Gasteiger partial charge in [0.05, 0.1) is 0 Å². The van der Waals surface area contributed by atoms with E-state index < -0.39 is 5.69 Å². The molecule has 0 saturated carbocycles. The first-order valence-electron chi connectivity index (χ1n) is 13.9. The Balaban J connectivity index is 2.07. The third kappa shape index (κ3) is 8.91. The van der Waals surface area contributed by atoms with Crippen molar-refractivity contribution in [1.29, 1.82) is 0 Å². The molecule has 0 saturated heterocycles. The van der Waals surface area contributed by atoms with Crippen LogP contribution in [0.4, 0.5) is 0 Å². The Morgan fingerprint density at radius 2 is 1.27 bits per heavy atom. The SMILES string of the molecule is CCCc1cc(CCC)cc(O[P@](=S)(Oc2cc(CCC)ccc2CCC)Sc2ccccc2CC)c1. The topological polar surface area (TPSA) is 18.5 Å². The highest BCUT2D eigenvalue weighted by Gasteiger charge is 2.28. The second kappa shape index (κ2) is 15.0. The van der Waals surface area contributed by atoms with Crippen molar-refractivity contribution in [2.24, 2.45) is 0 Å². The molecule has 0 fully saturated rings. The van der Waals surface area contributed by atoms with Crippen LogP contribution in [0.25, 0.3) is 0 Å². The molecule has 0 unspecified atom stereocenters. The molecule has 0 radical (unpaired) electrons. The van der Waals surface area contributed by atoms with Gasteiger partial charge in [0.1, 0.15) is 11.5 Å². The lowest BCUT2D eigenvalue weighted by atomic mass is 10.0. The molecule has 0 aliphatic carbocycles. The summed E-state index contributed by atoms with van der Waals surface area (Å²) in [7, 11) is 0. The van der Waals surface area contributed by atoms with Crippen molar-refractivity contribution in [2.75, 3.05) is 0 Å². The molecule has 37 heavy (non-hydrogen) atoms. The molecule has 0 aliphatic rings. The zero-order valence-corrected chi connectivity index (χ0v) is 25.7. The Kier molecular flexibility index (Phi) is 12.1. The van der Waals surface area contributed by atoms with Crippen molar-refractivity contribution in [3.8, 4) is 11.5 Å². The molecule has 0 N–H and O–H groups in total. The van der Waals surface area contributed by atoms with Crippen molar-refractivity contribution >= 4 is 28.9 Å². The van der Waals surface area contributed by atoms with Crippen LogP contribution in [0, 0.1) is 0 Å². The molecule has 3 aromatic carbocycles. The van der Waals surface area contributed by atoms with Crippen LogP contribution >= 0.6 is 17.1 Å². The number of rotatable bonds is 15. The minimum Gasteiger partial charge on any atom is -0.428 e. The summed E-state index contributed by atoms with van der Waals surface area (Å²) < 4.78 is 13.6. The average Bonchev–Trinajstić information content (AvgIpc) is 2.86. The van der Waals surface area contributed by atoms with E-state index in [2.05, 4.69) is 95.3 Å². The maximum atomic E-state index is 6.85. The number of hydrogen-bond acceptors (Lipinski definition) is 4. The van der Waals surface area contributed by atoms with Crippen molar-refractivity contribution in [3.05, 3.63) is 88.5 Å². The molecule has 2 nitrogen and oxygen atoms in total. The summed E-state index contributed by atoms with van der Waals surface area (Å²) >= 11 is 7.95. The van der Waals surface area contributed by atoms with Gasteiger partial charge in [-0.2, -0.15) is 0 Å². The summed E-state index contributed by atoms with van der Waals surface area (Å²) in [4.78, 5) is 1.15. The lowest BCUT2D eigenvalue weighted by Crippen LogP contribution is -2.03. The summed E-state index contributed by atoms with van der Waals surface area (Å²) in [5.74, 6) is 1.72. The minimum atomic E-state index is -2.84. The number of hydrogen-bond donors (Lipinski definition) is 0. The monoisotopic (exact) mass is 554 g/mol. The molecule has 0 heterocycles. The van der Waals surface area contributed by atoms with E-state index in [0.717, 1.165) is 74.2 Å². The standard InChI is InChI=1S/C32H43O2PS2/c1-6-13-25-19-20-29(16-9-4)31(24-25)34-35(36,37-32-18-12-11-17-28(32)10-5)33-30-22-26(14-7-2)21-27(23-30)15-8-3/h11-12,17-24H,6-10,13-16H2,1-5H3/t35-/m1/s1. The lowest BCUT2D eigenvalue weighted by molar-refractivity contribution is 0.500. The molecule has 0 aromatic heterocycles. The van der Waals surface area contributed by atoms with E-state index in [-0.39, 0.29) is 0 Å². The third-order valence-corrected chi connectivity index (χ3v) is 10.8. The molecule has 1 atom stereocenters.